The van der Waals surface area contributed by atoms with Crippen molar-refractivity contribution in [1.82, 2.24) is 10.6 Å². The Morgan fingerprint density at radius 3 is 2.67 bits per heavy atom. The molecule has 0 unspecified atom stereocenters. The lowest BCUT2D eigenvalue weighted by Gasteiger charge is -2.34. The number of rotatable bonds is 5. The lowest BCUT2D eigenvalue weighted by atomic mass is 9.96. The van der Waals surface area contributed by atoms with Gasteiger partial charge in [0.1, 0.15) is 0 Å². The van der Waals surface area contributed by atoms with E-state index in [-0.39, 0.29) is 5.91 Å². The van der Waals surface area contributed by atoms with E-state index in [1.807, 2.05) is 13.1 Å². The Balaban J connectivity index is 1.91. The van der Waals surface area contributed by atoms with Gasteiger partial charge in [-0.3, -0.25) is 4.79 Å². The molecule has 0 bridgehead atoms. The summed E-state index contributed by atoms with van der Waals surface area (Å²) in [5.41, 5.74) is 2.32. The molecule has 116 valence electrons. The number of hydrogen-bond donors (Lipinski definition) is 2. The van der Waals surface area contributed by atoms with Crippen LogP contribution in [-0.2, 0) is 11.3 Å². The Morgan fingerprint density at radius 1 is 1.38 bits per heavy atom. The molecule has 0 radical (unpaired) electrons. The van der Waals surface area contributed by atoms with Gasteiger partial charge in [0.05, 0.1) is 10.7 Å². The number of piperidine rings is 1. The number of amides is 1. The zero-order valence-corrected chi connectivity index (χ0v) is 13.5. The molecule has 1 aromatic rings. The first kappa shape index (κ1) is 16.1. The fourth-order valence-electron chi connectivity index (χ4n) is 2.79. The van der Waals surface area contributed by atoms with Crippen LogP contribution in [0, 0.1) is 5.92 Å². The molecule has 1 aliphatic rings. The zero-order chi connectivity index (χ0) is 15.2. The first-order valence-electron chi connectivity index (χ1n) is 7.52. The van der Waals surface area contributed by atoms with Gasteiger partial charge in [0.15, 0.2) is 0 Å². The van der Waals surface area contributed by atoms with Crippen LogP contribution in [-0.4, -0.2) is 32.6 Å². The molecular formula is C16H24ClN3O. The van der Waals surface area contributed by atoms with E-state index in [1.54, 1.807) is 6.92 Å². The van der Waals surface area contributed by atoms with Crippen molar-refractivity contribution >= 4 is 23.2 Å². The van der Waals surface area contributed by atoms with Gasteiger partial charge in [-0.2, -0.15) is 0 Å². The Kier molecular flexibility index (Phi) is 5.88. The molecule has 0 aromatic heterocycles. The van der Waals surface area contributed by atoms with Crippen LogP contribution in [0.3, 0.4) is 0 Å². The molecule has 0 saturated carbocycles. The number of halogens is 1. The average Bonchev–Trinajstić information content (AvgIpc) is 2.46. The second-order valence-corrected chi connectivity index (χ2v) is 6.09. The van der Waals surface area contributed by atoms with Crippen molar-refractivity contribution in [2.45, 2.75) is 26.3 Å². The van der Waals surface area contributed by atoms with Gasteiger partial charge < -0.3 is 15.5 Å². The van der Waals surface area contributed by atoms with Crippen LogP contribution in [0.5, 0.6) is 0 Å². The van der Waals surface area contributed by atoms with Crippen LogP contribution >= 0.6 is 11.6 Å². The van der Waals surface area contributed by atoms with E-state index in [1.165, 1.54) is 5.56 Å². The highest BCUT2D eigenvalue weighted by Crippen LogP contribution is 2.30. The number of anilines is 1. The van der Waals surface area contributed by atoms with Crippen molar-refractivity contribution in [1.29, 1.82) is 0 Å². The van der Waals surface area contributed by atoms with Crippen molar-refractivity contribution in [3.05, 3.63) is 28.8 Å². The van der Waals surface area contributed by atoms with E-state index in [9.17, 15) is 4.79 Å². The van der Waals surface area contributed by atoms with Crippen LogP contribution in [0.4, 0.5) is 5.69 Å². The largest absolute Gasteiger partial charge is 0.370 e. The molecule has 1 saturated heterocycles. The summed E-state index contributed by atoms with van der Waals surface area (Å²) in [5.74, 6) is 0.632. The van der Waals surface area contributed by atoms with E-state index >= 15 is 0 Å². The van der Waals surface area contributed by atoms with Crippen LogP contribution < -0.4 is 15.5 Å². The van der Waals surface area contributed by atoms with Gasteiger partial charge in [-0.25, -0.2) is 0 Å². The topological polar surface area (TPSA) is 44.4 Å². The van der Waals surface area contributed by atoms with Gasteiger partial charge in [-0.1, -0.05) is 17.7 Å². The predicted octanol–water partition coefficient (Wildman–Crippen LogP) is 2.41. The third-order valence-corrected chi connectivity index (χ3v) is 4.29. The van der Waals surface area contributed by atoms with E-state index in [0.717, 1.165) is 49.7 Å². The summed E-state index contributed by atoms with van der Waals surface area (Å²) in [4.78, 5) is 13.3. The molecule has 1 aliphatic heterocycles. The number of nitrogens with zero attached hydrogens (tertiary/aromatic N) is 1. The van der Waals surface area contributed by atoms with Gasteiger partial charge in [0.2, 0.25) is 5.91 Å². The molecule has 5 heteroatoms. The molecule has 0 spiro atoms. The van der Waals surface area contributed by atoms with Crippen molar-refractivity contribution in [2.24, 2.45) is 5.92 Å². The molecule has 1 heterocycles. The van der Waals surface area contributed by atoms with E-state index in [0.29, 0.717) is 5.92 Å². The zero-order valence-electron chi connectivity index (χ0n) is 12.8. The molecule has 0 aliphatic carbocycles. The van der Waals surface area contributed by atoms with Gasteiger partial charge in [-0.15, -0.1) is 0 Å². The van der Waals surface area contributed by atoms with E-state index in [2.05, 4.69) is 27.7 Å². The molecule has 21 heavy (non-hydrogen) atoms. The smallest absolute Gasteiger partial charge is 0.216 e. The lowest BCUT2D eigenvalue weighted by molar-refractivity contribution is -0.119. The molecule has 1 fully saturated rings. The summed E-state index contributed by atoms with van der Waals surface area (Å²) in [6.07, 6.45) is 2.18. The van der Waals surface area contributed by atoms with Crippen molar-refractivity contribution in [2.75, 3.05) is 31.6 Å². The third-order valence-electron chi connectivity index (χ3n) is 3.99. The highest BCUT2D eigenvalue weighted by Gasteiger charge is 2.21. The summed E-state index contributed by atoms with van der Waals surface area (Å²) in [5, 5.41) is 6.87. The fourth-order valence-corrected chi connectivity index (χ4v) is 3.11. The summed E-state index contributed by atoms with van der Waals surface area (Å²) >= 11 is 6.41. The number of nitrogens with one attached hydrogen (secondary N) is 2. The van der Waals surface area contributed by atoms with Crippen molar-refractivity contribution in [3.8, 4) is 0 Å². The first-order chi connectivity index (χ1) is 10.1. The predicted molar refractivity (Wildman–Crippen MR) is 87.8 cm³/mol. The number of benzene rings is 1. The minimum atomic E-state index is 0.0561. The van der Waals surface area contributed by atoms with Gasteiger partial charge in [-0.05, 0) is 43.5 Å². The molecule has 0 atom stereocenters. The summed E-state index contributed by atoms with van der Waals surface area (Å²) in [7, 11) is 1.93. The Labute approximate surface area is 131 Å². The molecule has 2 rings (SSSR count). The molecule has 4 nitrogen and oxygen atoms in total. The normalized spacial score (nSPS) is 16.0. The standard InChI is InChI=1S/C16H24ClN3O/c1-12(21)19-11-13-5-7-20(8-6-13)16-4-3-14(10-18-2)9-15(16)17/h3-4,9,13,18H,5-8,10-11H2,1-2H3,(H,19,21). The molecule has 1 aromatic carbocycles. The van der Waals surface area contributed by atoms with Crippen LogP contribution in [0.25, 0.3) is 0 Å². The number of carbonyl (C=O) groups excluding carboxylic acids is 1. The van der Waals surface area contributed by atoms with Gasteiger partial charge in [0.25, 0.3) is 0 Å². The van der Waals surface area contributed by atoms with Crippen LogP contribution in [0.15, 0.2) is 18.2 Å². The van der Waals surface area contributed by atoms with Crippen LogP contribution in [0.2, 0.25) is 5.02 Å². The van der Waals surface area contributed by atoms with Crippen molar-refractivity contribution < 1.29 is 4.79 Å². The maximum Gasteiger partial charge on any atom is 0.216 e. The van der Waals surface area contributed by atoms with E-state index in [4.69, 9.17) is 11.6 Å². The van der Waals surface area contributed by atoms with Gasteiger partial charge >= 0.3 is 0 Å². The monoisotopic (exact) mass is 309 g/mol. The first-order valence-corrected chi connectivity index (χ1v) is 7.90. The lowest BCUT2D eigenvalue weighted by Crippen LogP contribution is -2.38. The second-order valence-electron chi connectivity index (χ2n) is 5.68. The SMILES string of the molecule is CNCc1ccc(N2CCC(CNC(C)=O)CC2)c(Cl)c1. The summed E-state index contributed by atoms with van der Waals surface area (Å²) in [6.45, 7) is 5.18. The second kappa shape index (κ2) is 7.66. The molecular weight excluding hydrogens is 286 g/mol. The number of hydrogen-bond acceptors (Lipinski definition) is 3. The number of carbonyl (C=O) groups is 1. The maximum absolute atomic E-state index is 11.0. The van der Waals surface area contributed by atoms with E-state index < -0.39 is 0 Å². The minimum Gasteiger partial charge on any atom is -0.370 e. The minimum absolute atomic E-state index is 0.0561. The Bertz CT molecular complexity index is 484. The van der Waals surface area contributed by atoms with Crippen molar-refractivity contribution in [3.63, 3.8) is 0 Å². The highest BCUT2D eigenvalue weighted by molar-refractivity contribution is 6.33. The quantitative estimate of drug-likeness (QED) is 0.878. The highest BCUT2D eigenvalue weighted by atomic mass is 35.5. The summed E-state index contributed by atoms with van der Waals surface area (Å²) < 4.78 is 0. The fraction of sp³-hybridized carbons (Fsp3) is 0.562. The van der Waals surface area contributed by atoms with Crippen LogP contribution in [0.1, 0.15) is 25.3 Å². The Hall–Kier alpha value is -1.26. The Morgan fingerprint density at radius 2 is 2.10 bits per heavy atom. The third kappa shape index (κ3) is 4.61. The average molecular weight is 310 g/mol. The van der Waals surface area contributed by atoms with Gasteiger partial charge in [0, 0.05) is 33.1 Å². The summed E-state index contributed by atoms with van der Waals surface area (Å²) in [6, 6.07) is 6.28. The molecule has 1 amide bonds. The maximum atomic E-state index is 11.0. The molecule has 2 N–H and O–H groups in total.